The monoisotopic (exact) mass is 166 g/mol. The van der Waals surface area contributed by atoms with Crippen LogP contribution < -0.4 is 0 Å². The van der Waals surface area contributed by atoms with Crippen molar-refractivity contribution in [3.63, 3.8) is 0 Å². The Morgan fingerprint density at radius 2 is 2.42 bits per heavy atom. The van der Waals surface area contributed by atoms with E-state index in [9.17, 15) is 4.79 Å². The van der Waals surface area contributed by atoms with Gasteiger partial charge in [-0.05, 0) is 18.8 Å². The molecule has 0 spiro atoms. The van der Waals surface area contributed by atoms with Gasteiger partial charge in [0.15, 0.2) is 0 Å². The van der Waals surface area contributed by atoms with Crippen molar-refractivity contribution in [2.45, 2.75) is 26.2 Å². The second kappa shape index (κ2) is 2.35. The Kier molecular flexibility index (Phi) is 1.53. The molecule has 1 heterocycles. The second-order valence-corrected chi connectivity index (χ2v) is 4.12. The molecular formula is C10H14O2. The van der Waals surface area contributed by atoms with Crippen molar-refractivity contribution in [1.29, 1.82) is 0 Å². The average Bonchev–Trinajstić information content (AvgIpc) is 2.31. The zero-order valence-corrected chi connectivity index (χ0v) is 7.43. The number of ether oxygens (including phenoxy) is 1. The Morgan fingerprint density at radius 1 is 1.67 bits per heavy atom. The molecule has 66 valence electrons. The van der Waals surface area contributed by atoms with Crippen molar-refractivity contribution < 1.29 is 9.53 Å². The molecule has 2 nitrogen and oxygen atoms in total. The molecule has 2 aliphatic rings. The Morgan fingerprint density at radius 3 is 3.17 bits per heavy atom. The number of hydrogen-bond donors (Lipinski definition) is 0. The van der Waals surface area contributed by atoms with E-state index in [1.807, 2.05) is 0 Å². The van der Waals surface area contributed by atoms with E-state index in [0.29, 0.717) is 18.9 Å². The fourth-order valence-corrected chi connectivity index (χ4v) is 2.28. The van der Waals surface area contributed by atoms with Gasteiger partial charge in [0.2, 0.25) is 0 Å². The third-order valence-electron chi connectivity index (χ3n) is 3.45. The summed E-state index contributed by atoms with van der Waals surface area (Å²) in [6.07, 6.45) is 2.78. The first kappa shape index (κ1) is 7.84. The molecule has 0 aromatic rings. The molecule has 0 aromatic heterocycles. The SMILES string of the molecule is C=C1CC[C@H]2CC(=O)OC[C@]12C. The zero-order chi connectivity index (χ0) is 8.77. The number of esters is 1. The lowest BCUT2D eigenvalue weighted by atomic mass is 9.75. The number of cyclic esters (lactones) is 1. The highest BCUT2D eigenvalue weighted by molar-refractivity contribution is 5.71. The van der Waals surface area contributed by atoms with Crippen LogP contribution in [-0.2, 0) is 9.53 Å². The topological polar surface area (TPSA) is 26.3 Å². The van der Waals surface area contributed by atoms with E-state index >= 15 is 0 Å². The molecule has 0 N–H and O–H groups in total. The van der Waals surface area contributed by atoms with Crippen LogP contribution in [0.3, 0.4) is 0 Å². The molecular weight excluding hydrogens is 152 g/mol. The van der Waals surface area contributed by atoms with Gasteiger partial charge in [-0.1, -0.05) is 19.1 Å². The molecule has 1 aliphatic heterocycles. The normalized spacial score (nSPS) is 40.9. The van der Waals surface area contributed by atoms with Gasteiger partial charge < -0.3 is 4.74 Å². The van der Waals surface area contributed by atoms with Gasteiger partial charge in [-0.15, -0.1) is 0 Å². The molecule has 0 radical (unpaired) electrons. The van der Waals surface area contributed by atoms with E-state index in [0.717, 1.165) is 12.8 Å². The highest BCUT2D eigenvalue weighted by atomic mass is 16.5. The summed E-state index contributed by atoms with van der Waals surface area (Å²) in [4.78, 5) is 11.0. The number of carbonyl (C=O) groups excluding carboxylic acids is 1. The Bertz CT molecular complexity index is 244. The van der Waals surface area contributed by atoms with Gasteiger partial charge in [-0.3, -0.25) is 4.79 Å². The Balaban J connectivity index is 2.24. The molecule has 1 saturated heterocycles. The minimum absolute atomic E-state index is 0.0350. The smallest absolute Gasteiger partial charge is 0.306 e. The number of rotatable bonds is 0. The standard InChI is InChI=1S/C10H14O2/c1-7-3-4-8-5-9(11)12-6-10(7,8)2/h8H,1,3-6H2,2H3/t8-,10+/m0/s1. The van der Waals surface area contributed by atoms with Crippen molar-refractivity contribution >= 4 is 5.97 Å². The fourth-order valence-electron chi connectivity index (χ4n) is 2.28. The van der Waals surface area contributed by atoms with Crippen LogP contribution in [0.25, 0.3) is 0 Å². The maximum Gasteiger partial charge on any atom is 0.306 e. The minimum atomic E-state index is -0.0350. The lowest BCUT2D eigenvalue weighted by Crippen LogP contribution is -2.36. The predicted octanol–water partition coefficient (Wildman–Crippen LogP) is 1.91. The molecule has 1 aliphatic carbocycles. The summed E-state index contributed by atoms with van der Waals surface area (Å²) < 4.78 is 5.07. The van der Waals surface area contributed by atoms with Gasteiger partial charge in [-0.25, -0.2) is 0 Å². The maximum absolute atomic E-state index is 11.0. The highest BCUT2D eigenvalue weighted by Gasteiger charge is 2.46. The van der Waals surface area contributed by atoms with Crippen LogP contribution in [0.1, 0.15) is 26.2 Å². The molecule has 2 atom stereocenters. The van der Waals surface area contributed by atoms with Crippen molar-refractivity contribution in [2.75, 3.05) is 6.61 Å². The molecule has 2 heteroatoms. The van der Waals surface area contributed by atoms with Gasteiger partial charge in [0, 0.05) is 11.8 Å². The first-order valence-corrected chi connectivity index (χ1v) is 4.47. The van der Waals surface area contributed by atoms with Crippen LogP contribution >= 0.6 is 0 Å². The van der Waals surface area contributed by atoms with Crippen molar-refractivity contribution in [3.05, 3.63) is 12.2 Å². The third-order valence-corrected chi connectivity index (χ3v) is 3.45. The molecule has 2 fully saturated rings. The average molecular weight is 166 g/mol. The fraction of sp³-hybridized carbons (Fsp3) is 0.700. The maximum atomic E-state index is 11.0. The summed E-state index contributed by atoms with van der Waals surface area (Å²) in [5.41, 5.74) is 1.36. The molecule has 12 heavy (non-hydrogen) atoms. The van der Waals surface area contributed by atoms with Crippen LogP contribution in [-0.4, -0.2) is 12.6 Å². The van der Waals surface area contributed by atoms with Gasteiger partial charge in [0.05, 0.1) is 0 Å². The van der Waals surface area contributed by atoms with Crippen LogP contribution in [0.2, 0.25) is 0 Å². The van der Waals surface area contributed by atoms with Crippen molar-refractivity contribution in [3.8, 4) is 0 Å². The first-order valence-electron chi connectivity index (χ1n) is 4.47. The number of carbonyl (C=O) groups is 1. The molecule has 2 rings (SSSR count). The van der Waals surface area contributed by atoms with Gasteiger partial charge in [0.25, 0.3) is 0 Å². The molecule has 0 unspecified atom stereocenters. The first-order chi connectivity index (χ1) is 5.63. The van der Waals surface area contributed by atoms with Crippen molar-refractivity contribution in [2.24, 2.45) is 11.3 Å². The summed E-state index contributed by atoms with van der Waals surface area (Å²) in [6, 6.07) is 0. The van der Waals surface area contributed by atoms with E-state index in [-0.39, 0.29) is 11.4 Å². The largest absolute Gasteiger partial charge is 0.465 e. The summed E-state index contributed by atoms with van der Waals surface area (Å²) in [6.45, 7) is 6.76. The van der Waals surface area contributed by atoms with E-state index in [4.69, 9.17) is 4.74 Å². The summed E-state index contributed by atoms with van der Waals surface area (Å²) in [5, 5.41) is 0. The highest BCUT2D eigenvalue weighted by Crippen LogP contribution is 2.50. The zero-order valence-electron chi connectivity index (χ0n) is 7.43. The number of fused-ring (bicyclic) bond motifs is 1. The van der Waals surface area contributed by atoms with Crippen LogP contribution in [0.4, 0.5) is 0 Å². The van der Waals surface area contributed by atoms with Gasteiger partial charge in [-0.2, -0.15) is 0 Å². The van der Waals surface area contributed by atoms with E-state index in [1.165, 1.54) is 5.57 Å². The summed E-state index contributed by atoms with van der Waals surface area (Å²) >= 11 is 0. The molecule has 1 saturated carbocycles. The molecule has 0 amide bonds. The van der Waals surface area contributed by atoms with Gasteiger partial charge >= 0.3 is 5.97 Å². The lowest BCUT2D eigenvalue weighted by molar-refractivity contribution is -0.155. The van der Waals surface area contributed by atoms with Crippen molar-refractivity contribution in [1.82, 2.24) is 0 Å². The van der Waals surface area contributed by atoms with E-state index in [2.05, 4.69) is 13.5 Å². The second-order valence-electron chi connectivity index (χ2n) is 4.12. The van der Waals surface area contributed by atoms with Crippen LogP contribution in [0, 0.1) is 11.3 Å². The molecule has 0 bridgehead atoms. The minimum Gasteiger partial charge on any atom is -0.465 e. The Hall–Kier alpha value is -0.790. The quantitative estimate of drug-likeness (QED) is 0.406. The Labute approximate surface area is 72.6 Å². The van der Waals surface area contributed by atoms with Crippen LogP contribution in [0.5, 0.6) is 0 Å². The summed E-state index contributed by atoms with van der Waals surface area (Å²) in [5.74, 6) is 0.457. The third kappa shape index (κ3) is 0.904. The predicted molar refractivity (Wildman–Crippen MR) is 45.5 cm³/mol. The van der Waals surface area contributed by atoms with Crippen LogP contribution in [0.15, 0.2) is 12.2 Å². The molecule has 0 aromatic carbocycles. The van der Waals surface area contributed by atoms with E-state index < -0.39 is 0 Å². The van der Waals surface area contributed by atoms with E-state index in [1.54, 1.807) is 0 Å². The lowest BCUT2D eigenvalue weighted by Gasteiger charge is -2.35. The number of hydrogen-bond acceptors (Lipinski definition) is 2. The summed E-state index contributed by atoms with van der Waals surface area (Å²) in [7, 11) is 0. The van der Waals surface area contributed by atoms with Gasteiger partial charge in [0.1, 0.15) is 6.61 Å².